The third-order valence-electron chi connectivity index (χ3n) is 6.43. The molecule has 8 heteroatoms. The van der Waals surface area contributed by atoms with Gasteiger partial charge in [-0.25, -0.2) is 4.39 Å². The van der Waals surface area contributed by atoms with E-state index in [1.807, 2.05) is 6.07 Å². The molecule has 0 bridgehead atoms. The van der Waals surface area contributed by atoms with Gasteiger partial charge in [0.25, 0.3) is 5.91 Å². The maximum Gasteiger partial charge on any atom is 0.291 e. The summed E-state index contributed by atoms with van der Waals surface area (Å²) in [5.74, 6) is 0.457. The van der Waals surface area contributed by atoms with E-state index in [1.165, 1.54) is 12.1 Å². The van der Waals surface area contributed by atoms with Gasteiger partial charge in [-0.2, -0.15) is 0 Å². The molecule has 5 rings (SSSR count). The first-order valence-corrected chi connectivity index (χ1v) is 11.9. The number of ether oxygens (including phenoxy) is 3. The first kappa shape index (κ1) is 23.4. The monoisotopic (exact) mass is 481 g/mol. The molecule has 2 aromatic carbocycles. The lowest BCUT2D eigenvalue weighted by Gasteiger charge is -2.28. The van der Waals surface area contributed by atoms with Crippen LogP contribution in [0.4, 0.5) is 4.39 Å². The summed E-state index contributed by atoms with van der Waals surface area (Å²) in [5, 5.41) is 0.101. The third-order valence-corrected chi connectivity index (χ3v) is 6.43. The van der Waals surface area contributed by atoms with Crippen LogP contribution in [0.15, 0.2) is 45.6 Å². The minimum atomic E-state index is -0.723. The van der Waals surface area contributed by atoms with E-state index in [1.54, 1.807) is 24.1 Å². The summed E-state index contributed by atoms with van der Waals surface area (Å²) in [6, 6.07) is 8.39. The van der Waals surface area contributed by atoms with Gasteiger partial charge in [-0.1, -0.05) is 19.9 Å². The average Bonchev–Trinajstić information content (AvgIpc) is 3.45. The lowest BCUT2D eigenvalue weighted by atomic mass is 9.97. The Balaban J connectivity index is 1.64. The van der Waals surface area contributed by atoms with Gasteiger partial charge in [0.2, 0.25) is 5.76 Å². The molecule has 35 heavy (non-hydrogen) atoms. The summed E-state index contributed by atoms with van der Waals surface area (Å²) in [5.41, 5.74) is 0.625. The van der Waals surface area contributed by atoms with Crippen LogP contribution in [0.5, 0.6) is 11.5 Å². The molecule has 2 aliphatic rings. The molecule has 0 aliphatic carbocycles. The second-order valence-electron chi connectivity index (χ2n) is 9.42. The molecule has 1 aromatic heterocycles. The van der Waals surface area contributed by atoms with Crippen LogP contribution in [0, 0.1) is 11.7 Å². The van der Waals surface area contributed by atoms with Gasteiger partial charge < -0.3 is 23.5 Å². The van der Waals surface area contributed by atoms with Crippen LogP contribution in [-0.2, 0) is 4.74 Å². The van der Waals surface area contributed by atoms with Gasteiger partial charge in [0.05, 0.1) is 36.8 Å². The summed E-state index contributed by atoms with van der Waals surface area (Å²) in [4.78, 5) is 28.7. The lowest BCUT2D eigenvalue weighted by molar-refractivity contribution is 0.0486. The van der Waals surface area contributed by atoms with Crippen LogP contribution < -0.4 is 14.9 Å². The van der Waals surface area contributed by atoms with Crippen molar-refractivity contribution in [3.05, 3.63) is 69.3 Å². The highest BCUT2D eigenvalue weighted by molar-refractivity contribution is 5.99. The molecular formula is C27H28FNO6. The fraction of sp³-hybridized carbons (Fsp3) is 0.407. The Bertz CT molecular complexity index is 1330. The molecule has 0 saturated carbocycles. The number of carbonyl (C=O) groups excluding carboxylic acids is 1. The van der Waals surface area contributed by atoms with Crippen LogP contribution in [0.2, 0.25) is 0 Å². The van der Waals surface area contributed by atoms with Crippen molar-refractivity contribution in [2.24, 2.45) is 5.92 Å². The molecule has 0 spiro atoms. The normalized spacial score (nSPS) is 19.6. The van der Waals surface area contributed by atoms with Gasteiger partial charge in [-0.15, -0.1) is 0 Å². The largest absolute Gasteiger partial charge is 0.493 e. The molecule has 2 unspecified atom stereocenters. The number of rotatable bonds is 7. The van der Waals surface area contributed by atoms with E-state index in [9.17, 15) is 14.0 Å². The summed E-state index contributed by atoms with van der Waals surface area (Å²) in [7, 11) is 1.55. The summed E-state index contributed by atoms with van der Waals surface area (Å²) in [6.45, 7) is 5.58. The van der Waals surface area contributed by atoms with Gasteiger partial charge in [-0.3, -0.25) is 9.59 Å². The van der Waals surface area contributed by atoms with Crippen LogP contribution in [0.1, 0.15) is 54.4 Å². The number of methoxy groups -OCH3 is 1. The molecule has 184 valence electrons. The molecule has 1 amide bonds. The number of hydrogen-bond acceptors (Lipinski definition) is 6. The number of benzene rings is 2. The summed E-state index contributed by atoms with van der Waals surface area (Å²) in [6.07, 6.45) is 1.61. The quantitative estimate of drug-likeness (QED) is 0.487. The van der Waals surface area contributed by atoms with Crippen molar-refractivity contribution in [1.82, 2.24) is 4.90 Å². The molecule has 0 N–H and O–H groups in total. The Hall–Kier alpha value is -3.39. The molecule has 1 fully saturated rings. The van der Waals surface area contributed by atoms with Crippen molar-refractivity contribution < 1.29 is 27.8 Å². The molecule has 2 atom stereocenters. The van der Waals surface area contributed by atoms with E-state index in [4.69, 9.17) is 18.6 Å². The van der Waals surface area contributed by atoms with Crippen molar-refractivity contribution in [3.63, 3.8) is 0 Å². The molecule has 2 aliphatic heterocycles. The number of fused-ring (bicyclic) bond motifs is 2. The number of nitrogens with zero attached hydrogens (tertiary/aromatic N) is 1. The maximum absolute atomic E-state index is 14.0. The van der Waals surface area contributed by atoms with Gasteiger partial charge in [0, 0.05) is 13.2 Å². The molecule has 0 radical (unpaired) electrons. The predicted molar refractivity (Wildman–Crippen MR) is 128 cm³/mol. The number of carbonyl (C=O) groups is 1. The van der Waals surface area contributed by atoms with E-state index >= 15 is 0 Å². The Labute approximate surface area is 202 Å². The van der Waals surface area contributed by atoms with E-state index in [0.717, 1.165) is 18.9 Å². The zero-order valence-corrected chi connectivity index (χ0v) is 20.0. The minimum absolute atomic E-state index is 0.0174. The van der Waals surface area contributed by atoms with Crippen molar-refractivity contribution in [1.29, 1.82) is 0 Å². The van der Waals surface area contributed by atoms with Crippen LogP contribution in [0.25, 0.3) is 11.0 Å². The third kappa shape index (κ3) is 4.27. The SMILES string of the molecule is COc1cc(C2c3c(oc4ccc(F)cc4c3=O)C(=O)N2CC2CCCO2)ccc1OCC(C)C. The van der Waals surface area contributed by atoms with Crippen molar-refractivity contribution in [2.45, 2.75) is 38.8 Å². The van der Waals surface area contributed by atoms with Crippen molar-refractivity contribution in [2.75, 3.05) is 26.9 Å². The predicted octanol–water partition coefficient (Wildman–Crippen LogP) is 4.70. The number of halogens is 1. The number of amides is 1. The highest BCUT2D eigenvalue weighted by Crippen LogP contribution is 2.41. The first-order chi connectivity index (χ1) is 16.9. The number of hydrogen-bond donors (Lipinski definition) is 0. The highest BCUT2D eigenvalue weighted by atomic mass is 19.1. The molecule has 3 heterocycles. The minimum Gasteiger partial charge on any atom is -0.493 e. The standard InChI is InChI=1S/C27H28FNO6/c1-15(2)14-34-21-8-6-16(11-22(21)32-3)24-23-25(30)19-12-17(28)7-9-20(19)35-26(23)27(31)29(24)13-18-5-4-10-33-18/h6-9,11-12,15,18,24H,4-5,10,13-14H2,1-3H3. The van der Waals surface area contributed by atoms with E-state index in [-0.39, 0.29) is 34.3 Å². The van der Waals surface area contributed by atoms with Crippen LogP contribution >= 0.6 is 0 Å². The smallest absolute Gasteiger partial charge is 0.291 e. The second-order valence-corrected chi connectivity index (χ2v) is 9.42. The van der Waals surface area contributed by atoms with Crippen molar-refractivity contribution in [3.8, 4) is 11.5 Å². The maximum atomic E-state index is 14.0. The molecular weight excluding hydrogens is 453 g/mol. The van der Waals surface area contributed by atoms with E-state index in [0.29, 0.717) is 42.7 Å². The van der Waals surface area contributed by atoms with Crippen molar-refractivity contribution >= 4 is 16.9 Å². The summed E-state index contributed by atoms with van der Waals surface area (Å²) >= 11 is 0. The molecule has 3 aromatic rings. The van der Waals surface area contributed by atoms with Crippen LogP contribution in [0.3, 0.4) is 0 Å². The fourth-order valence-corrected chi connectivity index (χ4v) is 4.77. The lowest BCUT2D eigenvalue weighted by Crippen LogP contribution is -2.36. The Kier molecular flexibility index (Phi) is 6.23. The Morgan fingerprint density at radius 3 is 2.69 bits per heavy atom. The molecule has 7 nitrogen and oxygen atoms in total. The average molecular weight is 482 g/mol. The van der Waals surface area contributed by atoms with Crippen LogP contribution in [-0.4, -0.2) is 43.8 Å². The first-order valence-electron chi connectivity index (χ1n) is 11.9. The summed E-state index contributed by atoms with van der Waals surface area (Å²) < 4.78 is 37.1. The van der Waals surface area contributed by atoms with E-state index in [2.05, 4.69) is 13.8 Å². The topological polar surface area (TPSA) is 78.2 Å². The highest BCUT2D eigenvalue weighted by Gasteiger charge is 2.44. The second kappa shape index (κ2) is 9.34. The zero-order valence-electron chi connectivity index (χ0n) is 20.0. The fourth-order valence-electron chi connectivity index (χ4n) is 4.77. The Morgan fingerprint density at radius 2 is 1.97 bits per heavy atom. The van der Waals surface area contributed by atoms with Gasteiger partial charge in [0.1, 0.15) is 11.4 Å². The van der Waals surface area contributed by atoms with Gasteiger partial charge in [-0.05, 0) is 54.7 Å². The molecule has 1 saturated heterocycles. The van der Waals surface area contributed by atoms with E-state index < -0.39 is 17.3 Å². The Morgan fingerprint density at radius 1 is 1.14 bits per heavy atom. The zero-order chi connectivity index (χ0) is 24.7. The van der Waals surface area contributed by atoms with Gasteiger partial charge >= 0.3 is 0 Å². The van der Waals surface area contributed by atoms with Gasteiger partial charge in [0.15, 0.2) is 16.9 Å².